The van der Waals surface area contributed by atoms with E-state index in [0.29, 0.717) is 15.7 Å². The number of amides is 1. The number of carbonyl (C=O) groups is 2. The molecule has 5 atom stereocenters. The van der Waals surface area contributed by atoms with Crippen molar-refractivity contribution < 1.29 is 23.7 Å². The Morgan fingerprint density at radius 3 is 2.50 bits per heavy atom. The highest BCUT2D eigenvalue weighted by Gasteiger charge is 2.65. The molecule has 0 bridgehead atoms. The normalized spacial score (nSPS) is 32.6. The highest BCUT2D eigenvalue weighted by atomic mass is 32.2. The summed E-state index contributed by atoms with van der Waals surface area (Å²) in [5.41, 5.74) is -0.826. The zero-order valence-electron chi connectivity index (χ0n) is 17.2. The minimum Gasteiger partial charge on any atom is -0.616 e. The fourth-order valence-corrected chi connectivity index (χ4v) is 10.7. The van der Waals surface area contributed by atoms with Gasteiger partial charge in [0.15, 0.2) is 14.7 Å². The van der Waals surface area contributed by atoms with E-state index in [2.05, 4.69) is 33.9 Å². The number of carbonyl (C=O) groups excluding carboxylic acids is 1. The lowest BCUT2D eigenvalue weighted by Gasteiger charge is -2.56. The first kappa shape index (κ1) is 22.5. The average molecular weight is 464 g/mol. The summed E-state index contributed by atoms with van der Waals surface area (Å²) in [5, 5.41) is 9.69. The van der Waals surface area contributed by atoms with E-state index in [1.54, 1.807) is 0 Å². The Labute approximate surface area is 180 Å². The van der Waals surface area contributed by atoms with E-state index >= 15 is 0 Å². The molecule has 0 spiro atoms. The van der Waals surface area contributed by atoms with Gasteiger partial charge in [-0.1, -0.05) is 43.7 Å². The second-order valence-corrected chi connectivity index (χ2v) is 15.6. The van der Waals surface area contributed by atoms with Crippen LogP contribution in [0.15, 0.2) is 9.93 Å². The van der Waals surface area contributed by atoms with Crippen molar-refractivity contribution in [1.82, 2.24) is 4.90 Å². The van der Waals surface area contributed by atoms with Gasteiger partial charge in [0.25, 0.3) is 0 Å². The first-order valence-corrected chi connectivity index (χ1v) is 15.6. The predicted octanol–water partition coefficient (Wildman–Crippen LogP) is 2.83. The monoisotopic (exact) mass is 463 g/mol. The summed E-state index contributed by atoms with van der Waals surface area (Å²) < 4.78 is 18.8. The van der Waals surface area contributed by atoms with Crippen molar-refractivity contribution in [2.24, 2.45) is 11.3 Å². The lowest BCUT2D eigenvalue weighted by atomic mass is 9.66. The van der Waals surface area contributed by atoms with Gasteiger partial charge < -0.3 is 14.1 Å². The van der Waals surface area contributed by atoms with Gasteiger partial charge in [0.1, 0.15) is 16.9 Å². The van der Waals surface area contributed by atoms with Crippen molar-refractivity contribution in [3.05, 3.63) is 9.93 Å². The first-order valence-electron chi connectivity index (χ1n) is 9.53. The van der Waals surface area contributed by atoms with Crippen LogP contribution in [0.5, 0.6) is 0 Å². The van der Waals surface area contributed by atoms with Crippen LogP contribution in [-0.2, 0) is 25.2 Å². The molecule has 0 radical (unpaired) electrons. The third kappa shape index (κ3) is 3.80. The number of hydrogen-bond donors (Lipinski definition) is 1. The molecule has 0 aromatic heterocycles. The molecule has 6 nitrogen and oxygen atoms in total. The van der Waals surface area contributed by atoms with Gasteiger partial charge in [0, 0.05) is 6.42 Å². The number of rotatable bonds is 6. The summed E-state index contributed by atoms with van der Waals surface area (Å²) in [5.74, 6) is -0.349. The minimum absolute atomic E-state index is 0.0944. The SMILES string of the molecule is C[SiH](C)O[C@](C)([C@H]1C(=O)N2C(C(=O)O)=C(SC3CC[S+]([O-])C3)S[C@H]12)C(C)(C)C. The van der Waals surface area contributed by atoms with Crippen LogP contribution in [0.3, 0.4) is 0 Å². The van der Waals surface area contributed by atoms with Crippen molar-refractivity contribution in [2.45, 2.75) is 63.4 Å². The molecular weight excluding hydrogens is 434 g/mol. The Bertz CT molecular complexity index is 710. The second-order valence-electron chi connectivity index (χ2n) is 9.00. The van der Waals surface area contributed by atoms with Crippen LogP contribution < -0.4 is 0 Å². The van der Waals surface area contributed by atoms with E-state index < -0.39 is 31.8 Å². The number of nitrogens with zero attached hydrogens (tertiary/aromatic N) is 1. The summed E-state index contributed by atoms with van der Waals surface area (Å²) >= 11 is 2.13. The molecule has 0 saturated carbocycles. The van der Waals surface area contributed by atoms with E-state index in [-0.39, 0.29) is 33.6 Å². The zero-order chi connectivity index (χ0) is 21.0. The van der Waals surface area contributed by atoms with Gasteiger partial charge in [-0.05, 0) is 25.4 Å². The van der Waals surface area contributed by atoms with Crippen LogP contribution in [0, 0.1) is 11.3 Å². The molecule has 3 aliphatic heterocycles. The maximum atomic E-state index is 13.2. The zero-order valence-corrected chi connectivity index (χ0v) is 20.8. The predicted molar refractivity (Wildman–Crippen MR) is 118 cm³/mol. The van der Waals surface area contributed by atoms with Crippen LogP contribution in [0.4, 0.5) is 0 Å². The molecule has 1 amide bonds. The van der Waals surface area contributed by atoms with Crippen LogP contribution in [0.25, 0.3) is 0 Å². The smallest absolute Gasteiger partial charge is 0.354 e. The highest BCUT2D eigenvalue weighted by molar-refractivity contribution is 8.23. The fraction of sp³-hybridized carbons (Fsp3) is 0.778. The second kappa shape index (κ2) is 7.85. The molecule has 3 heterocycles. The Hall–Kier alpha value is -0.133. The van der Waals surface area contributed by atoms with Gasteiger partial charge in [-0.15, -0.1) is 11.8 Å². The van der Waals surface area contributed by atoms with Crippen LogP contribution in [0.2, 0.25) is 13.1 Å². The number of carboxylic acids is 1. The summed E-state index contributed by atoms with van der Waals surface area (Å²) in [6.45, 7) is 12.4. The molecule has 2 fully saturated rings. The van der Waals surface area contributed by atoms with E-state index in [9.17, 15) is 19.2 Å². The number of carboxylic acid groups (broad SMARTS) is 1. The molecular formula is C18H29NO5S3Si. The Morgan fingerprint density at radius 1 is 1.39 bits per heavy atom. The molecule has 158 valence electrons. The maximum absolute atomic E-state index is 13.2. The van der Waals surface area contributed by atoms with E-state index in [0.717, 1.165) is 6.42 Å². The van der Waals surface area contributed by atoms with Gasteiger partial charge >= 0.3 is 5.97 Å². The molecule has 3 aliphatic rings. The molecule has 0 aromatic carbocycles. The van der Waals surface area contributed by atoms with Crippen molar-refractivity contribution in [3.8, 4) is 0 Å². The van der Waals surface area contributed by atoms with Crippen molar-refractivity contribution in [1.29, 1.82) is 0 Å². The number of thioether (sulfide) groups is 2. The Kier molecular flexibility index (Phi) is 6.32. The van der Waals surface area contributed by atoms with E-state index in [4.69, 9.17) is 4.43 Å². The molecule has 1 N–H and O–H groups in total. The van der Waals surface area contributed by atoms with Crippen LogP contribution in [-0.4, -0.2) is 63.2 Å². The lowest BCUT2D eigenvalue weighted by molar-refractivity contribution is -0.173. The minimum atomic E-state index is -1.43. The fourth-order valence-electron chi connectivity index (χ4n) is 3.96. The number of β-lactam (4-membered cyclic amide) rings is 1. The highest BCUT2D eigenvalue weighted by Crippen LogP contribution is 2.59. The quantitative estimate of drug-likeness (QED) is 0.368. The van der Waals surface area contributed by atoms with Crippen molar-refractivity contribution >= 4 is 55.6 Å². The van der Waals surface area contributed by atoms with Crippen molar-refractivity contribution in [2.75, 3.05) is 11.5 Å². The number of fused-ring (bicyclic) bond motifs is 1. The summed E-state index contributed by atoms with van der Waals surface area (Å²) in [6, 6.07) is 0. The summed E-state index contributed by atoms with van der Waals surface area (Å²) in [4.78, 5) is 26.6. The topological polar surface area (TPSA) is 89.9 Å². The molecule has 3 rings (SSSR count). The van der Waals surface area contributed by atoms with E-state index in [1.807, 2.05) is 6.92 Å². The van der Waals surface area contributed by atoms with Gasteiger partial charge in [0.05, 0.1) is 21.0 Å². The first-order chi connectivity index (χ1) is 12.9. The lowest BCUT2D eigenvalue weighted by Crippen LogP contribution is -2.69. The number of hydrogen-bond acceptors (Lipinski definition) is 6. The Morgan fingerprint density at radius 2 is 2.04 bits per heavy atom. The van der Waals surface area contributed by atoms with Gasteiger partial charge in [-0.25, -0.2) is 4.79 Å². The third-order valence-electron chi connectivity index (χ3n) is 5.78. The molecule has 2 unspecified atom stereocenters. The van der Waals surface area contributed by atoms with Gasteiger partial charge in [-0.3, -0.25) is 9.69 Å². The molecule has 2 saturated heterocycles. The van der Waals surface area contributed by atoms with Crippen molar-refractivity contribution in [3.63, 3.8) is 0 Å². The van der Waals surface area contributed by atoms with Gasteiger partial charge in [-0.2, -0.15) is 0 Å². The Balaban J connectivity index is 1.87. The third-order valence-corrected chi connectivity index (χ3v) is 11.3. The molecule has 0 aliphatic carbocycles. The molecule has 10 heteroatoms. The molecule has 0 aromatic rings. The average Bonchev–Trinajstić information content (AvgIpc) is 3.07. The van der Waals surface area contributed by atoms with Crippen LogP contribution >= 0.6 is 23.5 Å². The standard InChI is InChI=1S/C18H29NO5S3Si/c1-17(2,3)18(4,24-28(5)6)11-13(20)19-12(15(21)22)16(26-14(11)19)25-10-7-8-27(23)9-10/h10-11,14,28H,7-9H2,1-6H3,(H,21,22)/t10?,11-,14+,18+,27?/m0/s1. The molecule has 28 heavy (non-hydrogen) atoms. The van der Waals surface area contributed by atoms with Crippen LogP contribution in [0.1, 0.15) is 34.1 Å². The largest absolute Gasteiger partial charge is 0.616 e. The van der Waals surface area contributed by atoms with E-state index in [1.165, 1.54) is 28.4 Å². The number of aliphatic carboxylic acids is 1. The van der Waals surface area contributed by atoms with Gasteiger partial charge in [0.2, 0.25) is 5.91 Å². The summed E-state index contributed by atoms with van der Waals surface area (Å²) in [7, 11) is -1.43. The summed E-state index contributed by atoms with van der Waals surface area (Å²) in [6.07, 6.45) is 0.818. The maximum Gasteiger partial charge on any atom is 0.354 e.